The number of alkyl halides is 2. The molecule has 31 heavy (non-hydrogen) atoms. The molecule has 2 unspecified atom stereocenters. The largest absolute Gasteiger partial charge is 0.354 e. The van der Waals surface area contributed by atoms with Crippen LogP contribution in [-0.2, 0) is 11.0 Å². The fourth-order valence-corrected chi connectivity index (χ4v) is 4.13. The predicted octanol–water partition coefficient (Wildman–Crippen LogP) is 3.85. The second-order valence-corrected chi connectivity index (χ2v) is 9.10. The second kappa shape index (κ2) is 9.81. The summed E-state index contributed by atoms with van der Waals surface area (Å²) in [5.74, 6) is -0.619. The van der Waals surface area contributed by atoms with Crippen LogP contribution in [0.25, 0.3) is 11.3 Å². The van der Waals surface area contributed by atoms with Crippen molar-refractivity contribution in [1.82, 2.24) is 15.3 Å². The van der Waals surface area contributed by atoms with Crippen molar-refractivity contribution in [3.63, 3.8) is 0 Å². The minimum atomic E-state index is -3.08. The van der Waals surface area contributed by atoms with E-state index < -0.39 is 11.6 Å². The highest BCUT2D eigenvalue weighted by Gasteiger charge is 2.36. The van der Waals surface area contributed by atoms with Crippen LogP contribution in [0.15, 0.2) is 24.4 Å². The number of nitrogens with one attached hydrogen (secondary N) is 2. The number of amides is 1. The highest BCUT2D eigenvalue weighted by molar-refractivity contribution is 7.18. The van der Waals surface area contributed by atoms with E-state index in [1.54, 1.807) is 15.3 Å². The minimum absolute atomic E-state index is 0.134. The second-order valence-electron chi connectivity index (χ2n) is 7.92. The van der Waals surface area contributed by atoms with Crippen molar-refractivity contribution in [2.45, 2.75) is 44.6 Å². The van der Waals surface area contributed by atoms with Crippen molar-refractivity contribution in [1.29, 1.82) is 0 Å². The topological polar surface area (TPSA) is 70.2 Å². The zero-order chi connectivity index (χ0) is 22.8. The van der Waals surface area contributed by atoms with Gasteiger partial charge in [-0.3, -0.25) is 4.79 Å². The summed E-state index contributed by atoms with van der Waals surface area (Å²) in [6, 6.07) is 5.97. The molecule has 0 bridgehead atoms. The number of carbonyl (C=O) groups excluding carboxylic acids is 1. The average Bonchev–Trinajstić information content (AvgIpc) is 2.71. The predicted molar refractivity (Wildman–Crippen MR) is 128 cm³/mol. The first-order valence-electron chi connectivity index (χ1n) is 10.2. The van der Waals surface area contributed by atoms with Gasteiger partial charge in [0.2, 0.25) is 5.91 Å². The molecule has 10 heteroatoms. The molecule has 3 rings (SSSR count). The lowest BCUT2D eigenvalue weighted by Crippen LogP contribution is -2.49. The number of pyridine rings is 2. The van der Waals surface area contributed by atoms with E-state index in [2.05, 4.69) is 36.7 Å². The van der Waals surface area contributed by atoms with Crippen LogP contribution in [0.1, 0.15) is 37.8 Å². The lowest BCUT2D eigenvalue weighted by molar-refractivity contribution is -0.114. The number of rotatable bonds is 6. The lowest BCUT2D eigenvalue weighted by Gasteiger charge is -2.33. The van der Waals surface area contributed by atoms with Crippen LogP contribution in [0.2, 0.25) is 0 Å². The molecule has 1 amide bonds. The van der Waals surface area contributed by atoms with E-state index in [1.165, 1.54) is 20.0 Å². The molecule has 6 nitrogen and oxygen atoms in total. The summed E-state index contributed by atoms with van der Waals surface area (Å²) in [5.41, 5.74) is -0.652. The van der Waals surface area contributed by atoms with Gasteiger partial charge in [0.15, 0.2) is 0 Å². The first-order valence-corrected chi connectivity index (χ1v) is 11.6. The summed E-state index contributed by atoms with van der Waals surface area (Å²) in [5, 5.41) is 6.02. The average molecular weight is 467 g/mol. The zero-order valence-electron chi connectivity index (χ0n) is 18.0. The molecule has 0 aliphatic carbocycles. The number of nitrogens with zero attached hydrogens (tertiary/aromatic N) is 3. The van der Waals surface area contributed by atoms with Gasteiger partial charge in [0, 0.05) is 49.9 Å². The maximum atomic E-state index is 14.4. The third-order valence-electron chi connectivity index (χ3n) is 5.37. The van der Waals surface area contributed by atoms with E-state index in [-0.39, 0.29) is 17.3 Å². The summed E-state index contributed by atoms with van der Waals surface area (Å²) in [6.45, 7) is 7.36. The Morgan fingerprint density at radius 1 is 1.45 bits per heavy atom. The minimum Gasteiger partial charge on any atom is -0.354 e. The summed E-state index contributed by atoms with van der Waals surface area (Å²) >= 11 is 0. The fraction of sp³-hybridized carbons (Fsp3) is 0.476. The first-order chi connectivity index (χ1) is 14.6. The molecule has 168 valence electrons. The number of halogens is 2. The third kappa shape index (κ3) is 5.74. The van der Waals surface area contributed by atoms with Gasteiger partial charge in [0.25, 0.3) is 5.66 Å². The Hall–Kier alpha value is -1.75. The van der Waals surface area contributed by atoms with Crippen LogP contribution in [0.5, 0.6) is 0 Å². The lowest BCUT2D eigenvalue weighted by atomic mass is 9.93. The Balaban J connectivity index is 2.17. The van der Waals surface area contributed by atoms with Crippen LogP contribution in [0, 0.1) is 0 Å². The van der Waals surface area contributed by atoms with Gasteiger partial charge >= 0.3 is 0 Å². The molecule has 2 N–H and O–H groups in total. The van der Waals surface area contributed by atoms with Crippen molar-refractivity contribution < 1.29 is 13.6 Å². The molecule has 4 atom stereocenters. The highest BCUT2D eigenvalue weighted by Crippen LogP contribution is 2.44. The molecule has 0 aromatic carbocycles. The van der Waals surface area contributed by atoms with Crippen molar-refractivity contribution in [2.75, 3.05) is 29.9 Å². The van der Waals surface area contributed by atoms with Gasteiger partial charge < -0.3 is 15.5 Å². The Morgan fingerprint density at radius 2 is 2.19 bits per heavy atom. The molecule has 2 aromatic heterocycles. The van der Waals surface area contributed by atoms with E-state index in [9.17, 15) is 13.6 Å². The van der Waals surface area contributed by atoms with Crippen LogP contribution in [-0.4, -0.2) is 47.2 Å². The van der Waals surface area contributed by atoms with Gasteiger partial charge in [-0.1, -0.05) is 16.2 Å². The molecule has 0 saturated carbocycles. The number of anilines is 2. The Morgan fingerprint density at radius 3 is 2.81 bits per heavy atom. The number of piperazine rings is 1. The molecular formula is C21H29F2N5OP2. The Kier molecular flexibility index (Phi) is 7.56. The zero-order valence-corrected chi connectivity index (χ0v) is 20.3. The van der Waals surface area contributed by atoms with Gasteiger partial charge in [-0.25, -0.2) is 18.7 Å². The van der Waals surface area contributed by atoms with Crippen LogP contribution >= 0.6 is 18.5 Å². The molecule has 1 saturated heterocycles. The highest BCUT2D eigenvalue weighted by atomic mass is 31.0. The summed E-state index contributed by atoms with van der Waals surface area (Å²) in [4.78, 5) is 22.9. The summed E-state index contributed by atoms with van der Waals surface area (Å²) in [6.07, 6.45) is 2.22. The monoisotopic (exact) mass is 467 g/mol. The molecular weight excluding hydrogens is 438 g/mol. The van der Waals surface area contributed by atoms with Crippen molar-refractivity contribution >= 4 is 36.0 Å². The number of hydrogen-bond donors (Lipinski definition) is 2. The number of aromatic nitrogens is 2. The first kappa shape index (κ1) is 23.9. The molecule has 1 fully saturated rings. The summed E-state index contributed by atoms with van der Waals surface area (Å²) in [7, 11) is 4.30. The maximum absolute atomic E-state index is 14.4. The van der Waals surface area contributed by atoms with E-state index in [0.717, 1.165) is 31.0 Å². The Bertz CT molecular complexity index is 954. The Labute approximate surface area is 186 Å². The molecule has 0 radical (unpaired) electrons. The van der Waals surface area contributed by atoms with Crippen LogP contribution < -0.4 is 15.5 Å². The van der Waals surface area contributed by atoms with Gasteiger partial charge in [0.1, 0.15) is 11.6 Å². The summed E-state index contributed by atoms with van der Waals surface area (Å²) < 4.78 is 28.7. The fourth-order valence-electron chi connectivity index (χ4n) is 3.72. The quantitative estimate of drug-likeness (QED) is 0.632. The van der Waals surface area contributed by atoms with E-state index in [4.69, 9.17) is 4.98 Å². The maximum Gasteiger partial charge on any atom is 0.265 e. The SMILES string of the molecule is CC(=O)Nc1nccc(-c2cc(CP)cc(N3CCN[C@@H](C)C3)n2)c1[C@@H](C)C(F)(F)P. The smallest absolute Gasteiger partial charge is 0.265 e. The normalized spacial score (nSPS) is 18.0. The van der Waals surface area contributed by atoms with Crippen molar-refractivity contribution in [3.8, 4) is 11.3 Å². The van der Waals surface area contributed by atoms with E-state index >= 15 is 0 Å². The van der Waals surface area contributed by atoms with Crippen LogP contribution in [0.3, 0.4) is 0 Å². The standard InChI is InChI=1S/C21H29F2N5OP2/c1-12-10-28(7-6-24-12)18-9-15(11-30)8-17(27-18)16-4-5-25-20(26-14(3)29)19(16)13(2)21(22,23)31/h4-5,8-9,12-13,24H,6-7,10-11,30-31H2,1-3H3,(H,25,26,29)/t12-,13+/m0/s1. The third-order valence-corrected chi connectivity index (χ3v) is 6.34. The van der Waals surface area contributed by atoms with Crippen molar-refractivity contribution in [3.05, 3.63) is 35.5 Å². The molecule has 1 aliphatic rings. The van der Waals surface area contributed by atoms with Gasteiger partial charge in [0.05, 0.1) is 11.6 Å². The molecule has 3 heterocycles. The van der Waals surface area contributed by atoms with Gasteiger partial charge in [-0.15, -0.1) is 9.24 Å². The van der Waals surface area contributed by atoms with E-state index in [1.807, 2.05) is 12.1 Å². The van der Waals surface area contributed by atoms with Crippen molar-refractivity contribution in [2.24, 2.45) is 0 Å². The van der Waals surface area contributed by atoms with Crippen LogP contribution in [0.4, 0.5) is 20.4 Å². The number of carbonyl (C=O) groups is 1. The van der Waals surface area contributed by atoms with E-state index in [0.29, 0.717) is 23.5 Å². The number of hydrogen-bond acceptors (Lipinski definition) is 5. The molecule has 2 aromatic rings. The van der Waals surface area contributed by atoms with Gasteiger partial charge in [-0.2, -0.15) is 0 Å². The molecule has 0 spiro atoms. The van der Waals surface area contributed by atoms with Gasteiger partial charge in [-0.05, 0) is 36.8 Å². The molecule has 1 aliphatic heterocycles.